The number of halogens is 1. The second-order valence-electron chi connectivity index (χ2n) is 4.40. The van der Waals surface area contributed by atoms with Gasteiger partial charge in [-0.1, -0.05) is 0 Å². The lowest BCUT2D eigenvalue weighted by Crippen LogP contribution is -2.06. The van der Waals surface area contributed by atoms with Crippen LogP contribution in [0, 0.1) is 6.92 Å². The van der Waals surface area contributed by atoms with Crippen LogP contribution in [0.2, 0.25) is 5.28 Å². The topological polar surface area (TPSA) is 70.7 Å². The molecule has 0 spiro atoms. The molecular formula is C14H11ClN4O. The summed E-state index contributed by atoms with van der Waals surface area (Å²) < 4.78 is 0. The van der Waals surface area contributed by atoms with E-state index >= 15 is 0 Å². The maximum atomic E-state index is 11.7. The average Bonchev–Trinajstić information content (AvgIpc) is 2.43. The largest absolute Gasteiger partial charge is 0.340 e. The fourth-order valence-corrected chi connectivity index (χ4v) is 2.18. The Kier molecular flexibility index (Phi) is 3.12. The molecule has 0 atom stereocenters. The van der Waals surface area contributed by atoms with Crippen LogP contribution in [0.1, 0.15) is 5.56 Å². The molecule has 0 unspecified atom stereocenters. The van der Waals surface area contributed by atoms with Gasteiger partial charge in [0.25, 0.3) is 5.56 Å². The third-order valence-electron chi connectivity index (χ3n) is 3.01. The number of nitrogens with one attached hydrogen (secondary N) is 2. The second-order valence-corrected chi connectivity index (χ2v) is 4.74. The Morgan fingerprint density at radius 2 is 2.10 bits per heavy atom. The first-order valence-electron chi connectivity index (χ1n) is 6.01. The fraction of sp³-hybridized carbons (Fsp3) is 0.0714. The molecule has 0 saturated carbocycles. The lowest BCUT2D eigenvalue weighted by molar-refractivity contribution is 1.17. The van der Waals surface area contributed by atoms with Gasteiger partial charge in [-0.3, -0.25) is 4.79 Å². The smallest absolute Gasteiger partial charge is 0.255 e. The minimum Gasteiger partial charge on any atom is -0.340 e. The van der Waals surface area contributed by atoms with E-state index in [1.807, 2.05) is 19.1 Å². The van der Waals surface area contributed by atoms with E-state index in [1.54, 1.807) is 24.5 Å². The van der Waals surface area contributed by atoms with Gasteiger partial charge in [0.05, 0.1) is 0 Å². The van der Waals surface area contributed by atoms with E-state index in [2.05, 4.69) is 20.3 Å². The maximum absolute atomic E-state index is 11.7. The van der Waals surface area contributed by atoms with Gasteiger partial charge in [0.15, 0.2) is 0 Å². The molecule has 0 amide bonds. The van der Waals surface area contributed by atoms with Gasteiger partial charge < -0.3 is 10.3 Å². The molecule has 5 nitrogen and oxygen atoms in total. The van der Waals surface area contributed by atoms with Crippen molar-refractivity contribution in [1.29, 1.82) is 0 Å². The molecule has 0 radical (unpaired) electrons. The number of aromatic amines is 1. The maximum Gasteiger partial charge on any atom is 0.255 e. The quantitative estimate of drug-likeness (QED) is 0.710. The van der Waals surface area contributed by atoms with Crippen molar-refractivity contribution >= 4 is 33.9 Å². The van der Waals surface area contributed by atoms with E-state index in [9.17, 15) is 4.79 Å². The molecule has 1 aromatic carbocycles. The summed E-state index contributed by atoms with van der Waals surface area (Å²) in [6.45, 7) is 1.95. The number of hydrogen-bond acceptors (Lipinski definition) is 4. The summed E-state index contributed by atoms with van der Waals surface area (Å²) >= 11 is 5.74. The van der Waals surface area contributed by atoms with Crippen LogP contribution in [0.5, 0.6) is 0 Å². The number of anilines is 2. The number of aromatic nitrogens is 3. The number of aryl methyl sites for hydroxylation is 1. The highest BCUT2D eigenvalue weighted by Crippen LogP contribution is 2.21. The zero-order chi connectivity index (χ0) is 14.1. The number of fused-ring (bicyclic) bond motifs is 1. The lowest BCUT2D eigenvalue weighted by Gasteiger charge is -2.08. The first kappa shape index (κ1) is 12.6. The van der Waals surface area contributed by atoms with E-state index in [0.29, 0.717) is 11.2 Å². The predicted octanol–water partition coefficient (Wildman–Crippen LogP) is 3.02. The molecule has 6 heteroatoms. The summed E-state index contributed by atoms with van der Waals surface area (Å²) in [7, 11) is 0. The van der Waals surface area contributed by atoms with Crippen LogP contribution in [0.15, 0.2) is 41.5 Å². The first-order chi connectivity index (χ1) is 9.63. The van der Waals surface area contributed by atoms with Crippen molar-refractivity contribution in [3.05, 3.63) is 57.9 Å². The number of pyridine rings is 1. The zero-order valence-electron chi connectivity index (χ0n) is 10.6. The summed E-state index contributed by atoms with van der Waals surface area (Å²) in [5, 5.41) is 4.88. The predicted molar refractivity (Wildman–Crippen MR) is 79.6 cm³/mol. The molecule has 20 heavy (non-hydrogen) atoms. The molecule has 2 aromatic heterocycles. The Labute approximate surface area is 119 Å². The van der Waals surface area contributed by atoms with E-state index in [4.69, 9.17) is 11.6 Å². The van der Waals surface area contributed by atoms with Crippen LogP contribution in [0.25, 0.3) is 10.8 Å². The lowest BCUT2D eigenvalue weighted by atomic mass is 10.1. The van der Waals surface area contributed by atoms with Crippen LogP contribution >= 0.6 is 11.6 Å². The van der Waals surface area contributed by atoms with Gasteiger partial charge in [-0.05, 0) is 53.7 Å². The highest BCUT2D eigenvalue weighted by atomic mass is 35.5. The van der Waals surface area contributed by atoms with Crippen molar-refractivity contribution < 1.29 is 0 Å². The van der Waals surface area contributed by atoms with Crippen molar-refractivity contribution in [2.75, 3.05) is 5.32 Å². The van der Waals surface area contributed by atoms with Crippen LogP contribution in [0.3, 0.4) is 0 Å². The Hall–Kier alpha value is -2.40. The van der Waals surface area contributed by atoms with Crippen molar-refractivity contribution in [1.82, 2.24) is 15.0 Å². The molecule has 0 aliphatic carbocycles. The highest BCUT2D eigenvalue weighted by molar-refractivity contribution is 6.28. The minimum atomic E-state index is -0.0952. The summed E-state index contributed by atoms with van der Waals surface area (Å²) in [5.74, 6) is 0.604. The van der Waals surface area contributed by atoms with Gasteiger partial charge in [-0.25, -0.2) is 9.97 Å². The molecule has 2 N–H and O–H groups in total. The third-order valence-corrected chi connectivity index (χ3v) is 3.19. The van der Waals surface area contributed by atoms with Crippen molar-refractivity contribution in [3.63, 3.8) is 0 Å². The van der Waals surface area contributed by atoms with Gasteiger partial charge in [-0.15, -0.1) is 0 Å². The van der Waals surface area contributed by atoms with E-state index < -0.39 is 0 Å². The SMILES string of the molecule is Cc1c[nH]c(=O)c2ccc(Nc3ccnc(Cl)n3)cc12. The van der Waals surface area contributed by atoms with E-state index in [1.165, 1.54) is 0 Å². The van der Waals surface area contributed by atoms with E-state index in [-0.39, 0.29) is 10.8 Å². The second kappa shape index (κ2) is 4.94. The Balaban J connectivity index is 2.05. The van der Waals surface area contributed by atoms with Gasteiger partial charge in [0.1, 0.15) is 5.82 Å². The molecule has 0 saturated heterocycles. The molecule has 0 aliphatic rings. The molecule has 3 rings (SSSR count). The van der Waals surface area contributed by atoms with Crippen LogP contribution in [-0.2, 0) is 0 Å². The molecule has 0 bridgehead atoms. The summed E-state index contributed by atoms with van der Waals surface area (Å²) in [4.78, 5) is 22.3. The number of hydrogen-bond donors (Lipinski definition) is 2. The highest BCUT2D eigenvalue weighted by Gasteiger charge is 2.04. The van der Waals surface area contributed by atoms with Gasteiger partial charge in [-0.2, -0.15) is 0 Å². The normalized spacial score (nSPS) is 10.7. The molecular weight excluding hydrogens is 276 g/mol. The summed E-state index contributed by atoms with van der Waals surface area (Å²) in [5.41, 5.74) is 1.74. The number of H-pyrrole nitrogens is 1. The van der Waals surface area contributed by atoms with Crippen LogP contribution < -0.4 is 10.9 Å². The average molecular weight is 287 g/mol. The number of rotatable bonds is 2. The van der Waals surface area contributed by atoms with Crippen molar-refractivity contribution in [2.45, 2.75) is 6.92 Å². The van der Waals surface area contributed by atoms with Gasteiger partial charge >= 0.3 is 0 Å². The monoisotopic (exact) mass is 286 g/mol. The summed E-state index contributed by atoms with van der Waals surface area (Å²) in [6.07, 6.45) is 3.28. The molecule has 3 aromatic rings. The standard InChI is InChI=1S/C14H11ClN4O/c1-8-7-17-13(20)10-3-2-9(6-11(8)10)18-12-4-5-16-14(15)19-12/h2-7H,1H3,(H,17,20)(H,16,18,19). The number of benzene rings is 1. The van der Waals surface area contributed by atoms with E-state index in [0.717, 1.165) is 16.6 Å². The van der Waals surface area contributed by atoms with Crippen LogP contribution in [-0.4, -0.2) is 15.0 Å². The van der Waals surface area contributed by atoms with Crippen molar-refractivity contribution in [3.8, 4) is 0 Å². The molecule has 0 aliphatic heterocycles. The van der Waals surface area contributed by atoms with Gasteiger partial charge in [0, 0.05) is 23.5 Å². The molecule has 100 valence electrons. The Bertz CT molecular complexity index is 844. The number of nitrogens with zero attached hydrogens (tertiary/aromatic N) is 2. The molecule has 0 fully saturated rings. The molecule has 2 heterocycles. The van der Waals surface area contributed by atoms with Gasteiger partial charge in [0.2, 0.25) is 5.28 Å². The Morgan fingerprint density at radius 3 is 2.90 bits per heavy atom. The third kappa shape index (κ3) is 2.35. The minimum absolute atomic E-state index is 0.0952. The van der Waals surface area contributed by atoms with Crippen LogP contribution in [0.4, 0.5) is 11.5 Å². The Morgan fingerprint density at radius 1 is 1.25 bits per heavy atom. The van der Waals surface area contributed by atoms with Crippen molar-refractivity contribution in [2.24, 2.45) is 0 Å². The summed E-state index contributed by atoms with van der Waals surface area (Å²) in [6, 6.07) is 7.25. The first-order valence-corrected chi connectivity index (χ1v) is 6.39. The zero-order valence-corrected chi connectivity index (χ0v) is 11.4. The fourth-order valence-electron chi connectivity index (χ4n) is 2.03.